The highest BCUT2D eigenvalue weighted by molar-refractivity contribution is 4.86. The van der Waals surface area contributed by atoms with Gasteiger partial charge in [0.1, 0.15) is 0 Å². The lowest BCUT2D eigenvalue weighted by molar-refractivity contribution is 0.141. The molecule has 9 heavy (non-hydrogen) atoms. The van der Waals surface area contributed by atoms with Gasteiger partial charge in [-0.05, 0) is 19.8 Å². The van der Waals surface area contributed by atoms with E-state index in [1.54, 1.807) is 0 Å². The van der Waals surface area contributed by atoms with Crippen LogP contribution in [0, 0.1) is 6.92 Å². The van der Waals surface area contributed by atoms with Crippen LogP contribution in [-0.4, -0.2) is 13.2 Å². The van der Waals surface area contributed by atoms with Gasteiger partial charge in [-0.1, -0.05) is 12.5 Å². The van der Waals surface area contributed by atoms with Crippen LogP contribution in [0.1, 0.15) is 19.8 Å². The van der Waals surface area contributed by atoms with Crippen LogP contribution in [0.5, 0.6) is 0 Å². The quantitative estimate of drug-likeness (QED) is 0.406. The van der Waals surface area contributed by atoms with Crippen LogP contribution in [-0.2, 0) is 4.74 Å². The van der Waals surface area contributed by atoms with Crippen molar-refractivity contribution >= 4 is 0 Å². The van der Waals surface area contributed by atoms with E-state index in [0.717, 1.165) is 26.1 Å². The Morgan fingerprint density at radius 1 is 1.44 bits per heavy atom. The fourth-order valence-corrected chi connectivity index (χ4v) is 0.451. The van der Waals surface area contributed by atoms with Crippen molar-refractivity contribution in [3.63, 3.8) is 0 Å². The van der Waals surface area contributed by atoms with Crippen LogP contribution in [0.3, 0.4) is 0 Å². The Balaban J connectivity index is 2.83. The van der Waals surface area contributed by atoms with Crippen LogP contribution in [0.15, 0.2) is 12.2 Å². The molecule has 1 radical (unpaired) electrons. The van der Waals surface area contributed by atoms with Crippen molar-refractivity contribution in [1.29, 1.82) is 0 Å². The zero-order valence-electron chi connectivity index (χ0n) is 6.15. The van der Waals surface area contributed by atoms with Gasteiger partial charge in [-0.2, -0.15) is 0 Å². The molecule has 0 N–H and O–H groups in total. The highest BCUT2D eigenvalue weighted by Crippen LogP contribution is 1.94. The van der Waals surface area contributed by atoms with Crippen LogP contribution < -0.4 is 0 Å². The van der Waals surface area contributed by atoms with E-state index in [9.17, 15) is 0 Å². The second-order valence-electron chi connectivity index (χ2n) is 2.17. The van der Waals surface area contributed by atoms with Crippen molar-refractivity contribution in [2.45, 2.75) is 19.8 Å². The summed E-state index contributed by atoms with van der Waals surface area (Å²) in [5.74, 6) is 0. The molecule has 1 heteroatoms. The Kier molecular flexibility index (Phi) is 5.64. The van der Waals surface area contributed by atoms with Gasteiger partial charge in [0.2, 0.25) is 0 Å². The van der Waals surface area contributed by atoms with Gasteiger partial charge in [0, 0.05) is 6.61 Å². The van der Waals surface area contributed by atoms with E-state index >= 15 is 0 Å². The molecule has 0 aliphatic carbocycles. The third-order valence-electron chi connectivity index (χ3n) is 0.962. The molecular formula is C8H15O. The predicted octanol–water partition coefficient (Wildman–Crippen LogP) is 2.19. The second kappa shape index (κ2) is 5.83. The maximum absolute atomic E-state index is 5.17. The molecule has 0 atom stereocenters. The maximum atomic E-state index is 5.17. The van der Waals surface area contributed by atoms with Gasteiger partial charge in [0.15, 0.2) is 0 Å². The first-order chi connectivity index (χ1) is 4.27. The number of ether oxygens (including phenoxy) is 1. The average Bonchev–Trinajstić information content (AvgIpc) is 1.80. The monoisotopic (exact) mass is 127 g/mol. The molecule has 0 spiro atoms. The number of hydrogen-bond acceptors (Lipinski definition) is 1. The van der Waals surface area contributed by atoms with E-state index in [1.165, 1.54) is 5.57 Å². The SMILES string of the molecule is [CH2]CCOCCC(=C)C. The average molecular weight is 127 g/mol. The molecule has 1 nitrogen and oxygen atoms in total. The minimum atomic E-state index is 0.771. The van der Waals surface area contributed by atoms with Crippen molar-refractivity contribution in [3.8, 4) is 0 Å². The molecule has 0 aromatic carbocycles. The van der Waals surface area contributed by atoms with Gasteiger partial charge in [-0.25, -0.2) is 0 Å². The van der Waals surface area contributed by atoms with Crippen LogP contribution >= 0.6 is 0 Å². The molecule has 0 amide bonds. The summed E-state index contributed by atoms with van der Waals surface area (Å²) in [6, 6.07) is 0. The van der Waals surface area contributed by atoms with E-state index in [2.05, 4.69) is 13.5 Å². The van der Waals surface area contributed by atoms with Gasteiger partial charge in [0.05, 0.1) is 6.61 Å². The summed E-state index contributed by atoms with van der Waals surface area (Å²) < 4.78 is 5.17. The first-order valence-corrected chi connectivity index (χ1v) is 3.28. The lowest BCUT2D eigenvalue weighted by atomic mass is 10.3. The van der Waals surface area contributed by atoms with Gasteiger partial charge < -0.3 is 4.74 Å². The summed E-state index contributed by atoms with van der Waals surface area (Å²) in [6.07, 6.45) is 1.83. The first kappa shape index (κ1) is 8.70. The minimum absolute atomic E-state index is 0.771. The van der Waals surface area contributed by atoms with Crippen molar-refractivity contribution in [2.24, 2.45) is 0 Å². The lowest BCUT2D eigenvalue weighted by Crippen LogP contribution is -1.95. The molecule has 0 bridgehead atoms. The molecular weight excluding hydrogens is 112 g/mol. The second-order valence-corrected chi connectivity index (χ2v) is 2.17. The Bertz CT molecular complexity index is 76.6. The molecule has 0 aromatic heterocycles. The van der Waals surface area contributed by atoms with Crippen LogP contribution in [0.2, 0.25) is 0 Å². The van der Waals surface area contributed by atoms with Crippen LogP contribution in [0.25, 0.3) is 0 Å². The number of hydrogen-bond donors (Lipinski definition) is 0. The summed E-state index contributed by atoms with van der Waals surface area (Å²) in [5, 5.41) is 0. The predicted molar refractivity (Wildman–Crippen MR) is 40.2 cm³/mol. The Hall–Kier alpha value is -0.300. The standard InChI is InChI=1S/C8H15O/c1-4-6-9-7-5-8(2)3/h1-2,4-7H2,3H3. The molecule has 0 heterocycles. The third-order valence-corrected chi connectivity index (χ3v) is 0.962. The molecule has 0 rings (SSSR count). The summed E-state index contributed by atoms with van der Waals surface area (Å²) in [4.78, 5) is 0. The van der Waals surface area contributed by atoms with E-state index in [4.69, 9.17) is 4.74 Å². The molecule has 0 unspecified atom stereocenters. The summed E-state index contributed by atoms with van der Waals surface area (Å²) in [6.45, 7) is 11.0. The molecule has 53 valence electrons. The van der Waals surface area contributed by atoms with Gasteiger partial charge in [-0.15, -0.1) is 6.58 Å². The fourth-order valence-electron chi connectivity index (χ4n) is 0.451. The Labute approximate surface area is 57.7 Å². The summed E-state index contributed by atoms with van der Waals surface area (Å²) >= 11 is 0. The maximum Gasteiger partial charge on any atom is 0.0502 e. The number of rotatable bonds is 5. The summed E-state index contributed by atoms with van der Waals surface area (Å²) in [5.41, 5.74) is 1.18. The van der Waals surface area contributed by atoms with Gasteiger partial charge >= 0.3 is 0 Å². The highest BCUT2D eigenvalue weighted by atomic mass is 16.5. The Morgan fingerprint density at radius 3 is 2.56 bits per heavy atom. The molecule has 0 aliphatic heterocycles. The zero-order valence-corrected chi connectivity index (χ0v) is 6.15. The molecule has 0 saturated heterocycles. The smallest absolute Gasteiger partial charge is 0.0502 e. The van der Waals surface area contributed by atoms with Gasteiger partial charge in [-0.3, -0.25) is 0 Å². The van der Waals surface area contributed by atoms with Crippen molar-refractivity contribution in [1.82, 2.24) is 0 Å². The first-order valence-electron chi connectivity index (χ1n) is 3.28. The van der Waals surface area contributed by atoms with E-state index < -0.39 is 0 Å². The minimum Gasteiger partial charge on any atom is -0.381 e. The lowest BCUT2D eigenvalue weighted by Gasteiger charge is -1.99. The van der Waals surface area contributed by atoms with Crippen molar-refractivity contribution in [3.05, 3.63) is 19.1 Å². The Morgan fingerprint density at radius 2 is 2.11 bits per heavy atom. The third kappa shape index (κ3) is 7.70. The fraction of sp³-hybridized carbons (Fsp3) is 0.625. The zero-order chi connectivity index (χ0) is 7.11. The van der Waals surface area contributed by atoms with E-state index in [0.29, 0.717) is 0 Å². The normalized spacial score (nSPS) is 9.56. The molecule has 0 fully saturated rings. The molecule has 0 aliphatic rings. The van der Waals surface area contributed by atoms with Gasteiger partial charge in [0.25, 0.3) is 0 Å². The summed E-state index contributed by atoms with van der Waals surface area (Å²) in [7, 11) is 0. The van der Waals surface area contributed by atoms with E-state index in [1.807, 2.05) is 6.92 Å². The molecule has 0 aromatic rings. The van der Waals surface area contributed by atoms with Crippen LogP contribution in [0.4, 0.5) is 0 Å². The van der Waals surface area contributed by atoms with Crippen molar-refractivity contribution in [2.75, 3.05) is 13.2 Å². The van der Waals surface area contributed by atoms with E-state index in [-0.39, 0.29) is 0 Å². The highest BCUT2D eigenvalue weighted by Gasteiger charge is 1.85. The largest absolute Gasteiger partial charge is 0.381 e. The molecule has 0 saturated carbocycles. The van der Waals surface area contributed by atoms with Crippen molar-refractivity contribution < 1.29 is 4.74 Å². The topological polar surface area (TPSA) is 9.23 Å².